The van der Waals surface area contributed by atoms with Crippen LogP contribution in [0.4, 0.5) is 0 Å². The lowest BCUT2D eigenvalue weighted by Crippen LogP contribution is -2.07. The molecular weight excluding hydrogens is 116 g/mol. The molecule has 0 aromatic carbocycles. The third-order valence-corrected chi connectivity index (χ3v) is 1.21. The lowest BCUT2D eigenvalue weighted by molar-refractivity contribution is 0.316. The highest BCUT2D eigenvalue weighted by Gasteiger charge is 2.12. The normalized spacial score (nSPS) is 25.6. The molecule has 0 amide bonds. The topological polar surface area (TPSA) is 47.6 Å². The first-order valence-electron chi connectivity index (χ1n) is 3.22. The summed E-state index contributed by atoms with van der Waals surface area (Å²) in [5, 5.41) is 0. The first-order chi connectivity index (χ1) is 4.33. The SMILES string of the molecule is CC1COC(CCN)=N1. The molecule has 9 heavy (non-hydrogen) atoms. The molecule has 0 aromatic heterocycles. The van der Waals surface area contributed by atoms with E-state index in [1.807, 2.05) is 6.92 Å². The van der Waals surface area contributed by atoms with Crippen molar-refractivity contribution in [3.05, 3.63) is 0 Å². The Morgan fingerprint density at radius 3 is 3.11 bits per heavy atom. The average Bonchev–Trinajstić information content (AvgIpc) is 2.17. The Morgan fingerprint density at radius 1 is 1.89 bits per heavy atom. The molecule has 0 spiro atoms. The van der Waals surface area contributed by atoms with Gasteiger partial charge in [0.1, 0.15) is 6.61 Å². The molecule has 1 atom stereocenters. The maximum Gasteiger partial charge on any atom is 0.184 e. The van der Waals surface area contributed by atoms with E-state index in [0.29, 0.717) is 12.6 Å². The summed E-state index contributed by atoms with van der Waals surface area (Å²) < 4.78 is 5.18. The molecule has 2 N–H and O–H groups in total. The molecule has 3 heteroatoms. The summed E-state index contributed by atoms with van der Waals surface area (Å²) in [5.41, 5.74) is 5.29. The van der Waals surface area contributed by atoms with Crippen molar-refractivity contribution >= 4 is 5.90 Å². The fraction of sp³-hybridized carbons (Fsp3) is 0.833. The lowest BCUT2D eigenvalue weighted by Gasteiger charge is -1.95. The van der Waals surface area contributed by atoms with Gasteiger partial charge in [0.2, 0.25) is 0 Å². The van der Waals surface area contributed by atoms with Gasteiger partial charge in [-0.15, -0.1) is 0 Å². The van der Waals surface area contributed by atoms with E-state index < -0.39 is 0 Å². The largest absolute Gasteiger partial charge is 0.479 e. The summed E-state index contributed by atoms with van der Waals surface area (Å²) in [5.74, 6) is 0.824. The van der Waals surface area contributed by atoms with Crippen LogP contribution in [-0.2, 0) is 4.74 Å². The second-order valence-corrected chi connectivity index (χ2v) is 2.22. The first-order valence-corrected chi connectivity index (χ1v) is 3.22. The molecule has 1 rings (SSSR count). The molecule has 1 heterocycles. The molecular formula is C6H12N2O. The van der Waals surface area contributed by atoms with Crippen LogP contribution >= 0.6 is 0 Å². The Kier molecular flexibility index (Phi) is 2.05. The van der Waals surface area contributed by atoms with Crippen molar-refractivity contribution in [2.45, 2.75) is 19.4 Å². The monoisotopic (exact) mass is 128 g/mol. The van der Waals surface area contributed by atoms with Crippen molar-refractivity contribution in [3.8, 4) is 0 Å². The van der Waals surface area contributed by atoms with Crippen LogP contribution in [0.5, 0.6) is 0 Å². The predicted octanol–water partition coefficient (Wildman–Crippen LogP) is 0.152. The molecule has 3 nitrogen and oxygen atoms in total. The van der Waals surface area contributed by atoms with Gasteiger partial charge in [-0.2, -0.15) is 0 Å². The smallest absolute Gasteiger partial charge is 0.184 e. The van der Waals surface area contributed by atoms with Crippen LogP contribution in [0.3, 0.4) is 0 Å². The van der Waals surface area contributed by atoms with Gasteiger partial charge in [-0.05, 0) is 6.92 Å². The van der Waals surface area contributed by atoms with Crippen LogP contribution in [0.15, 0.2) is 4.99 Å². The molecule has 1 aliphatic heterocycles. The molecule has 0 aromatic rings. The van der Waals surface area contributed by atoms with E-state index in [2.05, 4.69) is 4.99 Å². The van der Waals surface area contributed by atoms with Gasteiger partial charge < -0.3 is 10.5 Å². The van der Waals surface area contributed by atoms with Gasteiger partial charge in [0, 0.05) is 13.0 Å². The predicted molar refractivity (Wildman–Crippen MR) is 36.5 cm³/mol. The highest BCUT2D eigenvalue weighted by atomic mass is 16.5. The van der Waals surface area contributed by atoms with Crippen LogP contribution in [0.25, 0.3) is 0 Å². The lowest BCUT2D eigenvalue weighted by atomic mass is 10.4. The molecule has 0 aliphatic carbocycles. The number of nitrogens with two attached hydrogens (primary N) is 1. The summed E-state index contributed by atoms with van der Waals surface area (Å²) >= 11 is 0. The third-order valence-electron chi connectivity index (χ3n) is 1.21. The molecule has 0 fully saturated rings. The van der Waals surface area contributed by atoms with Crippen LogP contribution < -0.4 is 5.73 Å². The minimum atomic E-state index is 0.339. The molecule has 1 unspecified atom stereocenters. The maximum atomic E-state index is 5.29. The summed E-state index contributed by atoms with van der Waals surface area (Å²) in [6.45, 7) is 3.39. The Bertz CT molecular complexity index is 122. The second-order valence-electron chi connectivity index (χ2n) is 2.22. The number of hydrogen-bond acceptors (Lipinski definition) is 3. The third kappa shape index (κ3) is 1.68. The van der Waals surface area contributed by atoms with E-state index in [1.165, 1.54) is 0 Å². The average molecular weight is 128 g/mol. The molecule has 0 saturated carbocycles. The number of nitrogens with zero attached hydrogens (tertiary/aromatic N) is 1. The summed E-state index contributed by atoms with van der Waals surface area (Å²) in [6.07, 6.45) is 0.782. The van der Waals surface area contributed by atoms with Gasteiger partial charge in [-0.1, -0.05) is 0 Å². The second kappa shape index (κ2) is 2.82. The highest BCUT2D eigenvalue weighted by Crippen LogP contribution is 2.04. The molecule has 1 aliphatic rings. The van der Waals surface area contributed by atoms with Crippen molar-refractivity contribution in [3.63, 3.8) is 0 Å². The molecule has 0 radical (unpaired) electrons. The van der Waals surface area contributed by atoms with Gasteiger partial charge in [0.05, 0.1) is 6.04 Å². The minimum absolute atomic E-state index is 0.339. The van der Waals surface area contributed by atoms with Crippen molar-refractivity contribution < 1.29 is 4.74 Å². The van der Waals surface area contributed by atoms with E-state index in [9.17, 15) is 0 Å². The number of rotatable bonds is 2. The summed E-state index contributed by atoms with van der Waals surface area (Å²) in [6, 6.07) is 0.339. The van der Waals surface area contributed by atoms with Gasteiger partial charge >= 0.3 is 0 Å². The standard InChI is InChI=1S/C6H12N2O/c1-5-4-9-6(8-5)2-3-7/h5H,2-4,7H2,1H3. The van der Waals surface area contributed by atoms with E-state index in [-0.39, 0.29) is 0 Å². The zero-order valence-corrected chi connectivity index (χ0v) is 5.63. The molecule has 0 bridgehead atoms. The fourth-order valence-electron chi connectivity index (χ4n) is 0.797. The van der Waals surface area contributed by atoms with Crippen LogP contribution in [0.2, 0.25) is 0 Å². The Labute approximate surface area is 54.9 Å². The van der Waals surface area contributed by atoms with E-state index in [4.69, 9.17) is 10.5 Å². The van der Waals surface area contributed by atoms with E-state index >= 15 is 0 Å². The fourth-order valence-corrected chi connectivity index (χ4v) is 0.797. The number of ether oxygens (including phenoxy) is 1. The molecule has 52 valence electrons. The zero-order chi connectivity index (χ0) is 6.69. The quantitative estimate of drug-likeness (QED) is 0.575. The summed E-state index contributed by atoms with van der Waals surface area (Å²) in [7, 11) is 0. The van der Waals surface area contributed by atoms with Gasteiger partial charge in [0.15, 0.2) is 5.90 Å². The van der Waals surface area contributed by atoms with Gasteiger partial charge in [0.25, 0.3) is 0 Å². The van der Waals surface area contributed by atoms with Crippen molar-refractivity contribution in [1.82, 2.24) is 0 Å². The summed E-state index contributed by atoms with van der Waals surface area (Å²) in [4.78, 5) is 4.19. The van der Waals surface area contributed by atoms with Crippen LogP contribution in [0.1, 0.15) is 13.3 Å². The Balaban J connectivity index is 2.33. The number of aliphatic imine (C=N–C) groups is 1. The van der Waals surface area contributed by atoms with Crippen molar-refractivity contribution in [1.29, 1.82) is 0 Å². The van der Waals surface area contributed by atoms with Crippen LogP contribution in [-0.4, -0.2) is 25.1 Å². The zero-order valence-electron chi connectivity index (χ0n) is 5.63. The Hall–Kier alpha value is -0.570. The molecule has 0 saturated heterocycles. The minimum Gasteiger partial charge on any atom is -0.479 e. The maximum absolute atomic E-state index is 5.29. The van der Waals surface area contributed by atoms with E-state index in [1.54, 1.807) is 0 Å². The van der Waals surface area contributed by atoms with Gasteiger partial charge in [-0.25, -0.2) is 4.99 Å². The first kappa shape index (κ1) is 6.55. The van der Waals surface area contributed by atoms with Crippen molar-refractivity contribution in [2.75, 3.05) is 13.2 Å². The van der Waals surface area contributed by atoms with E-state index in [0.717, 1.165) is 18.9 Å². The van der Waals surface area contributed by atoms with Crippen molar-refractivity contribution in [2.24, 2.45) is 10.7 Å². The highest BCUT2D eigenvalue weighted by molar-refractivity contribution is 5.77. The Morgan fingerprint density at radius 2 is 2.67 bits per heavy atom. The van der Waals surface area contributed by atoms with Crippen LogP contribution in [0, 0.1) is 0 Å². The number of hydrogen-bond donors (Lipinski definition) is 1. The van der Waals surface area contributed by atoms with Gasteiger partial charge in [-0.3, -0.25) is 0 Å².